The quantitative estimate of drug-likeness (QED) is 0.872. The first kappa shape index (κ1) is 12.1. The predicted octanol–water partition coefficient (Wildman–Crippen LogP) is 2.53. The first-order valence-corrected chi connectivity index (χ1v) is 6.43. The van der Waals surface area contributed by atoms with Gasteiger partial charge in [-0.15, -0.1) is 0 Å². The van der Waals surface area contributed by atoms with E-state index in [0.29, 0.717) is 6.04 Å². The Morgan fingerprint density at radius 3 is 2.88 bits per heavy atom. The summed E-state index contributed by atoms with van der Waals surface area (Å²) in [6.07, 6.45) is 8.83. The maximum absolute atomic E-state index is 4.54. The Morgan fingerprint density at radius 2 is 2.18 bits per heavy atom. The molecule has 1 heterocycles. The summed E-state index contributed by atoms with van der Waals surface area (Å²) in [4.78, 5) is 11.0. The second kappa shape index (κ2) is 5.34. The average Bonchev–Trinajstić information content (AvgIpc) is 2.38. The maximum Gasteiger partial charge on any atom is 0.149 e. The summed E-state index contributed by atoms with van der Waals surface area (Å²) >= 11 is 0. The zero-order valence-corrected chi connectivity index (χ0v) is 11.0. The van der Waals surface area contributed by atoms with Crippen molar-refractivity contribution in [1.82, 2.24) is 9.97 Å². The van der Waals surface area contributed by atoms with Gasteiger partial charge < -0.3 is 10.2 Å². The summed E-state index contributed by atoms with van der Waals surface area (Å²) in [6.45, 7) is 2.34. The minimum absolute atomic E-state index is 0.611. The zero-order valence-electron chi connectivity index (χ0n) is 11.0. The molecule has 0 spiro atoms. The first-order chi connectivity index (χ1) is 8.20. The van der Waals surface area contributed by atoms with Crippen molar-refractivity contribution in [3.63, 3.8) is 0 Å². The van der Waals surface area contributed by atoms with Gasteiger partial charge in [0.15, 0.2) is 0 Å². The molecule has 2 atom stereocenters. The maximum atomic E-state index is 4.54. The number of rotatable bonds is 3. The topological polar surface area (TPSA) is 41.1 Å². The smallest absolute Gasteiger partial charge is 0.149 e. The van der Waals surface area contributed by atoms with Crippen molar-refractivity contribution < 1.29 is 0 Å². The summed E-state index contributed by atoms with van der Waals surface area (Å²) < 4.78 is 0. The van der Waals surface area contributed by atoms with E-state index in [1.807, 2.05) is 13.2 Å². The number of hydrogen-bond donors (Lipinski definition) is 1. The number of aromatic nitrogens is 2. The van der Waals surface area contributed by atoms with Crippen molar-refractivity contribution in [2.45, 2.75) is 38.6 Å². The fourth-order valence-electron chi connectivity index (χ4n) is 2.59. The third-order valence-electron chi connectivity index (χ3n) is 3.70. The average molecular weight is 234 g/mol. The van der Waals surface area contributed by atoms with E-state index < -0.39 is 0 Å². The monoisotopic (exact) mass is 234 g/mol. The van der Waals surface area contributed by atoms with Crippen LogP contribution in [-0.2, 0) is 0 Å². The normalized spacial score (nSPS) is 24.4. The van der Waals surface area contributed by atoms with E-state index in [1.165, 1.54) is 25.7 Å². The van der Waals surface area contributed by atoms with E-state index in [1.54, 1.807) is 6.20 Å². The van der Waals surface area contributed by atoms with Gasteiger partial charge in [-0.05, 0) is 18.8 Å². The highest BCUT2D eigenvalue weighted by atomic mass is 15.2. The molecule has 0 aliphatic heterocycles. The molecule has 1 aliphatic rings. The minimum atomic E-state index is 0.611. The van der Waals surface area contributed by atoms with Crippen LogP contribution in [0, 0.1) is 5.92 Å². The molecule has 1 aromatic rings. The lowest BCUT2D eigenvalue weighted by atomic mass is 9.86. The Morgan fingerprint density at radius 1 is 1.35 bits per heavy atom. The minimum Gasteiger partial charge on any atom is -0.372 e. The van der Waals surface area contributed by atoms with Crippen molar-refractivity contribution in [3.8, 4) is 0 Å². The van der Waals surface area contributed by atoms with E-state index in [2.05, 4.69) is 34.2 Å². The molecule has 4 heteroatoms. The second-order valence-electron chi connectivity index (χ2n) is 5.05. The fourth-order valence-corrected chi connectivity index (χ4v) is 2.59. The SMILES string of the molecule is CNc1cncc(N(C)C2CCCC(C)C2)n1. The standard InChI is InChI=1S/C13H22N4/c1-10-5-4-6-11(7-10)17(3)13-9-15-8-12(14-2)16-13/h8-11H,4-7H2,1-3H3,(H,14,16). The highest BCUT2D eigenvalue weighted by Crippen LogP contribution is 2.28. The van der Waals surface area contributed by atoms with Gasteiger partial charge in [-0.1, -0.05) is 19.8 Å². The van der Waals surface area contributed by atoms with Gasteiger partial charge in [0.05, 0.1) is 12.4 Å². The summed E-state index contributed by atoms with van der Waals surface area (Å²) in [5.74, 6) is 2.63. The molecule has 1 saturated carbocycles. The van der Waals surface area contributed by atoms with Gasteiger partial charge in [0.1, 0.15) is 11.6 Å². The van der Waals surface area contributed by atoms with Crippen molar-refractivity contribution >= 4 is 11.6 Å². The highest BCUT2D eigenvalue weighted by molar-refractivity contribution is 5.43. The van der Waals surface area contributed by atoms with Crippen molar-refractivity contribution in [3.05, 3.63) is 12.4 Å². The summed E-state index contributed by atoms with van der Waals surface area (Å²) in [5, 5.41) is 3.03. The summed E-state index contributed by atoms with van der Waals surface area (Å²) in [6, 6.07) is 0.611. The van der Waals surface area contributed by atoms with E-state index in [4.69, 9.17) is 0 Å². The lowest BCUT2D eigenvalue weighted by Gasteiger charge is -2.34. The van der Waals surface area contributed by atoms with Crippen LogP contribution in [0.5, 0.6) is 0 Å². The number of hydrogen-bond acceptors (Lipinski definition) is 4. The van der Waals surface area contributed by atoms with Crippen LogP contribution in [0.3, 0.4) is 0 Å². The van der Waals surface area contributed by atoms with Crippen LogP contribution in [0.2, 0.25) is 0 Å². The Balaban J connectivity index is 2.09. The zero-order chi connectivity index (χ0) is 12.3. The lowest BCUT2D eigenvalue weighted by molar-refractivity contribution is 0.335. The first-order valence-electron chi connectivity index (χ1n) is 6.43. The molecule has 17 heavy (non-hydrogen) atoms. The third kappa shape index (κ3) is 2.87. The van der Waals surface area contributed by atoms with E-state index in [9.17, 15) is 0 Å². The van der Waals surface area contributed by atoms with Gasteiger partial charge in [-0.3, -0.25) is 4.98 Å². The summed E-state index contributed by atoms with van der Waals surface area (Å²) in [7, 11) is 4.00. The molecule has 0 bridgehead atoms. The van der Waals surface area contributed by atoms with Gasteiger partial charge >= 0.3 is 0 Å². The Kier molecular flexibility index (Phi) is 3.82. The molecule has 0 radical (unpaired) electrons. The predicted molar refractivity (Wildman–Crippen MR) is 71.4 cm³/mol. The van der Waals surface area contributed by atoms with Crippen LogP contribution in [0.15, 0.2) is 12.4 Å². The fraction of sp³-hybridized carbons (Fsp3) is 0.692. The van der Waals surface area contributed by atoms with Crippen molar-refractivity contribution in [1.29, 1.82) is 0 Å². The Hall–Kier alpha value is -1.32. The van der Waals surface area contributed by atoms with Crippen LogP contribution in [0.25, 0.3) is 0 Å². The van der Waals surface area contributed by atoms with E-state index in [0.717, 1.165) is 17.6 Å². The van der Waals surface area contributed by atoms with Crippen LogP contribution < -0.4 is 10.2 Å². The number of nitrogens with zero attached hydrogens (tertiary/aromatic N) is 3. The van der Waals surface area contributed by atoms with Crippen LogP contribution >= 0.6 is 0 Å². The molecular formula is C13H22N4. The summed E-state index contributed by atoms with van der Waals surface area (Å²) in [5.41, 5.74) is 0. The molecule has 2 rings (SSSR count). The number of anilines is 2. The molecule has 0 saturated heterocycles. The molecule has 2 unspecified atom stereocenters. The van der Waals surface area contributed by atoms with Crippen molar-refractivity contribution in [2.75, 3.05) is 24.3 Å². The molecule has 0 aromatic carbocycles. The number of nitrogens with one attached hydrogen (secondary N) is 1. The molecule has 0 amide bonds. The molecule has 1 N–H and O–H groups in total. The highest BCUT2D eigenvalue weighted by Gasteiger charge is 2.23. The molecule has 1 fully saturated rings. The second-order valence-corrected chi connectivity index (χ2v) is 5.05. The third-order valence-corrected chi connectivity index (χ3v) is 3.70. The van der Waals surface area contributed by atoms with Gasteiger partial charge in [0.25, 0.3) is 0 Å². The molecule has 1 aliphatic carbocycles. The van der Waals surface area contributed by atoms with Crippen molar-refractivity contribution in [2.24, 2.45) is 5.92 Å². The van der Waals surface area contributed by atoms with Gasteiger partial charge in [0.2, 0.25) is 0 Å². The molecule has 94 valence electrons. The lowest BCUT2D eigenvalue weighted by Crippen LogP contribution is -2.36. The largest absolute Gasteiger partial charge is 0.372 e. The molecule has 1 aromatic heterocycles. The Labute approximate surface area is 103 Å². The molecule has 4 nitrogen and oxygen atoms in total. The van der Waals surface area contributed by atoms with Gasteiger partial charge in [0, 0.05) is 20.1 Å². The van der Waals surface area contributed by atoms with Crippen LogP contribution in [0.4, 0.5) is 11.6 Å². The Bertz CT molecular complexity index is 366. The van der Waals surface area contributed by atoms with Crippen LogP contribution in [-0.4, -0.2) is 30.1 Å². The van der Waals surface area contributed by atoms with E-state index in [-0.39, 0.29) is 0 Å². The van der Waals surface area contributed by atoms with E-state index >= 15 is 0 Å². The van der Waals surface area contributed by atoms with Crippen LogP contribution in [0.1, 0.15) is 32.6 Å². The van der Waals surface area contributed by atoms with Gasteiger partial charge in [-0.25, -0.2) is 4.98 Å². The molecular weight excluding hydrogens is 212 g/mol. The van der Waals surface area contributed by atoms with Gasteiger partial charge in [-0.2, -0.15) is 0 Å².